The zero-order chi connectivity index (χ0) is 14.7. The molecule has 1 aliphatic rings. The Hall–Kier alpha value is -1.71. The van der Waals surface area contributed by atoms with Crippen molar-refractivity contribution in [2.75, 3.05) is 7.11 Å². The molecule has 0 bridgehead atoms. The number of carboxylic acid groups (broad SMARTS) is 1. The summed E-state index contributed by atoms with van der Waals surface area (Å²) in [6.45, 7) is 4.48. The van der Waals surface area contributed by atoms with E-state index in [1.54, 1.807) is 18.2 Å². The third-order valence-electron chi connectivity index (χ3n) is 4.26. The summed E-state index contributed by atoms with van der Waals surface area (Å²) >= 11 is 0. The average Bonchev–Trinajstić information content (AvgIpc) is 2.43. The second kappa shape index (κ2) is 6.16. The number of hydrogen-bond acceptors (Lipinski definition) is 3. The van der Waals surface area contributed by atoms with Crippen molar-refractivity contribution in [1.82, 2.24) is 0 Å². The van der Waals surface area contributed by atoms with Crippen LogP contribution in [0, 0.1) is 11.8 Å². The van der Waals surface area contributed by atoms with E-state index in [0.717, 1.165) is 19.3 Å². The summed E-state index contributed by atoms with van der Waals surface area (Å²) in [6.07, 6.45) is 3.10. The van der Waals surface area contributed by atoms with Crippen LogP contribution in [-0.4, -0.2) is 24.3 Å². The number of aromatic carboxylic acids is 1. The number of rotatable bonds is 4. The second-order valence-electron chi connectivity index (χ2n) is 5.65. The molecule has 1 fully saturated rings. The highest BCUT2D eigenvalue weighted by molar-refractivity contribution is 5.92. The maximum Gasteiger partial charge on any atom is 0.339 e. The molecule has 0 heterocycles. The van der Waals surface area contributed by atoms with Gasteiger partial charge in [-0.25, -0.2) is 4.79 Å². The average molecular weight is 278 g/mol. The molecule has 0 amide bonds. The van der Waals surface area contributed by atoms with Gasteiger partial charge in [-0.05, 0) is 43.2 Å². The first-order valence-electron chi connectivity index (χ1n) is 7.09. The standard InChI is InChI=1S/C16H22O4/c1-10-7-8-12(9-11(10)2)20-15-13(16(17)18)5-4-6-14(15)19-3/h4-6,10-12H,7-9H2,1-3H3,(H,17,18). The predicted octanol–water partition coefficient (Wildman–Crippen LogP) is 3.60. The molecule has 110 valence electrons. The van der Waals surface area contributed by atoms with Gasteiger partial charge in [0.05, 0.1) is 13.2 Å². The summed E-state index contributed by atoms with van der Waals surface area (Å²) in [6, 6.07) is 4.95. The molecule has 4 heteroatoms. The molecule has 3 unspecified atom stereocenters. The summed E-state index contributed by atoms with van der Waals surface area (Å²) in [4.78, 5) is 11.3. The van der Waals surface area contributed by atoms with Gasteiger partial charge in [-0.2, -0.15) is 0 Å². The maximum atomic E-state index is 11.3. The van der Waals surface area contributed by atoms with Crippen LogP contribution in [0.15, 0.2) is 18.2 Å². The summed E-state index contributed by atoms with van der Waals surface area (Å²) in [5.41, 5.74) is 0.163. The minimum atomic E-state index is -0.990. The van der Waals surface area contributed by atoms with Crippen LogP contribution in [0.5, 0.6) is 11.5 Å². The van der Waals surface area contributed by atoms with Crippen molar-refractivity contribution in [3.63, 3.8) is 0 Å². The smallest absolute Gasteiger partial charge is 0.339 e. The lowest BCUT2D eigenvalue weighted by Crippen LogP contribution is -2.29. The van der Waals surface area contributed by atoms with Gasteiger partial charge in [-0.15, -0.1) is 0 Å². The maximum absolute atomic E-state index is 11.3. The van der Waals surface area contributed by atoms with Crippen LogP contribution < -0.4 is 9.47 Å². The Kier molecular flexibility index (Phi) is 4.53. The van der Waals surface area contributed by atoms with Crippen LogP contribution in [0.1, 0.15) is 43.5 Å². The number of ether oxygens (including phenoxy) is 2. The third kappa shape index (κ3) is 3.06. The lowest BCUT2D eigenvalue weighted by molar-refractivity contribution is 0.0672. The van der Waals surface area contributed by atoms with E-state index in [1.165, 1.54) is 7.11 Å². The Labute approximate surface area is 119 Å². The zero-order valence-corrected chi connectivity index (χ0v) is 12.3. The summed E-state index contributed by atoms with van der Waals surface area (Å²) in [5.74, 6) is 1.14. The van der Waals surface area contributed by atoms with E-state index in [1.807, 2.05) is 0 Å². The molecule has 3 atom stereocenters. The molecule has 0 radical (unpaired) electrons. The fourth-order valence-electron chi connectivity index (χ4n) is 2.74. The van der Waals surface area contributed by atoms with Crippen molar-refractivity contribution in [2.45, 2.75) is 39.2 Å². The Bertz CT molecular complexity index is 483. The van der Waals surface area contributed by atoms with Gasteiger partial charge in [-0.1, -0.05) is 19.9 Å². The molecule has 1 saturated carbocycles. The van der Waals surface area contributed by atoms with Crippen LogP contribution in [0.4, 0.5) is 0 Å². The molecule has 1 aromatic rings. The molecule has 0 spiro atoms. The van der Waals surface area contributed by atoms with Crippen molar-refractivity contribution < 1.29 is 19.4 Å². The van der Waals surface area contributed by atoms with E-state index >= 15 is 0 Å². The van der Waals surface area contributed by atoms with E-state index in [-0.39, 0.29) is 11.7 Å². The van der Waals surface area contributed by atoms with Crippen molar-refractivity contribution in [2.24, 2.45) is 11.8 Å². The zero-order valence-electron chi connectivity index (χ0n) is 12.3. The lowest BCUT2D eigenvalue weighted by atomic mass is 9.80. The molecule has 0 aromatic heterocycles. The first-order valence-corrected chi connectivity index (χ1v) is 7.09. The SMILES string of the molecule is COc1cccc(C(=O)O)c1OC1CCC(C)C(C)C1. The number of carboxylic acids is 1. The number of methoxy groups -OCH3 is 1. The van der Waals surface area contributed by atoms with E-state index < -0.39 is 5.97 Å². The van der Waals surface area contributed by atoms with Gasteiger partial charge >= 0.3 is 5.97 Å². The molecule has 1 aliphatic carbocycles. The molecule has 4 nitrogen and oxygen atoms in total. The summed E-state index contributed by atoms with van der Waals surface area (Å²) < 4.78 is 11.2. The Morgan fingerprint density at radius 2 is 2.00 bits per heavy atom. The van der Waals surface area contributed by atoms with Crippen LogP contribution in [0.3, 0.4) is 0 Å². The van der Waals surface area contributed by atoms with Crippen molar-refractivity contribution in [3.05, 3.63) is 23.8 Å². The minimum absolute atomic E-state index is 0.0654. The predicted molar refractivity (Wildman–Crippen MR) is 76.5 cm³/mol. The molecular formula is C16H22O4. The van der Waals surface area contributed by atoms with E-state index in [2.05, 4.69) is 13.8 Å². The number of carbonyl (C=O) groups is 1. The van der Waals surface area contributed by atoms with Crippen molar-refractivity contribution >= 4 is 5.97 Å². The first-order chi connectivity index (χ1) is 9.52. The van der Waals surface area contributed by atoms with Gasteiger partial charge in [-0.3, -0.25) is 0 Å². The monoisotopic (exact) mass is 278 g/mol. The highest BCUT2D eigenvalue weighted by Crippen LogP contribution is 2.36. The number of benzene rings is 1. The van der Waals surface area contributed by atoms with Crippen LogP contribution in [0.2, 0.25) is 0 Å². The Balaban J connectivity index is 2.22. The molecule has 20 heavy (non-hydrogen) atoms. The van der Waals surface area contributed by atoms with Crippen molar-refractivity contribution in [3.8, 4) is 11.5 Å². The third-order valence-corrected chi connectivity index (χ3v) is 4.26. The molecule has 1 N–H and O–H groups in total. The number of hydrogen-bond donors (Lipinski definition) is 1. The molecular weight excluding hydrogens is 256 g/mol. The van der Waals surface area contributed by atoms with Gasteiger partial charge in [0.1, 0.15) is 5.56 Å². The highest BCUT2D eigenvalue weighted by Gasteiger charge is 2.28. The first kappa shape index (κ1) is 14.7. The highest BCUT2D eigenvalue weighted by atomic mass is 16.5. The van der Waals surface area contributed by atoms with E-state index in [4.69, 9.17) is 9.47 Å². The topological polar surface area (TPSA) is 55.8 Å². The largest absolute Gasteiger partial charge is 0.493 e. The molecule has 0 saturated heterocycles. The fourth-order valence-corrected chi connectivity index (χ4v) is 2.74. The van der Waals surface area contributed by atoms with Gasteiger partial charge in [0.25, 0.3) is 0 Å². The second-order valence-corrected chi connectivity index (χ2v) is 5.65. The Morgan fingerprint density at radius 3 is 2.60 bits per heavy atom. The van der Waals surface area contributed by atoms with Crippen LogP contribution in [0.25, 0.3) is 0 Å². The lowest BCUT2D eigenvalue weighted by Gasteiger charge is -2.32. The molecule has 2 rings (SSSR count). The van der Waals surface area contributed by atoms with Gasteiger partial charge in [0.2, 0.25) is 0 Å². The van der Waals surface area contributed by atoms with Gasteiger partial charge in [0.15, 0.2) is 11.5 Å². The van der Waals surface area contributed by atoms with E-state index in [0.29, 0.717) is 23.3 Å². The van der Waals surface area contributed by atoms with Crippen molar-refractivity contribution in [1.29, 1.82) is 0 Å². The van der Waals surface area contributed by atoms with Crippen LogP contribution >= 0.6 is 0 Å². The van der Waals surface area contributed by atoms with Crippen LogP contribution in [-0.2, 0) is 0 Å². The van der Waals surface area contributed by atoms with Gasteiger partial charge in [0, 0.05) is 0 Å². The summed E-state index contributed by atoms with van der Waals surface area (Å²) in [5, 5.41) is 9.27. The summed E-state index contributed by atoms with van der Waals surface area (Å²) in [7, 11) is 1.53. The normalized spacial score (nSPS) is 26.1. The molecule has 1 aromatic carbocycles. The van der Waals surface area contributed by atoms with E-state index in [9.17, 15) is 9.90 Å². The molecule has 0 aliphatic heterocycles. The number of para-hydroxylation sites is 1. The van der Waals surface area contributed by atoms with Gasteiger partial charge < -0.3 is 14.6 Å². The fraction of sp³-hybridized carbons (Fsp3) is 0.562. The Morgan fingerprint density at radius 1 is 1.25 bits per heavy atom. The quantitative estimate of drug-likeness (QED) is 0.914. The minimum Gasteiger partial charge on any atom is -0.493 e.